The fourth-order valence-corrected chi connectivity index (χ4v) is 6.28. The lowest BCUT2D eigenvalue weighted by Gasteiger charge is -2.31. The molecule has 3 saturated carbocycles. The minimum absolute atomic E-state index is 0.0682. The van der Waals surface area contributed by atoms with Crippen molar-refractivity contribution in [3.63, 3.8) is 0 Å². The van der Waals surface area contributed by atoms with Gasteiger partial charge in [0.2, 0.25) is 10.0 Å². The van der Waals surface area contributed by atoms with Gasteiger partial charge in [0.1, 0.15) is 0 Å². The Bertz CT molecular complexity index is 489. The molecular weight excluding hydrogens is 278 g/mol. The van der Waals surface area contributed by atoms with Crippen LogP contribution < -0.4 is 4.72 Å². The highest BCUT2D eigenvalue weighted by atomic mass is 32.2. The first-order valence-corrected chi connectivity index (χ1v) is 9.33. The third kappa shape index (κ3) is 2.72. The molecule has 2 N–H and O–H groups in total. The maximum atomic E-state index is 12.0. The molecule has 0 spiro atoms. The summed E-state index contributed by atoms with van der Waals surface area (Å²) in [6.45, 7) is 0. The van der Waals surface area contributed by atoms with E-state index >= 15 is 0 Å². The van der Waals surface area contributed by atoms with Gasteiger partial charge in [0, 0.05) is 12.5 Å². The molecule has 0 aliphatic heterocycles. The lowest BCUT2D eigenvalue weighted by molar-refractivity contribution is -0.137. The number of nitrogens with one attached hydrogen (secondary N) is 1. The van der Waals surface area contributed by atoms with E-state index in [1.165, 1.54) is 25.7 Å². The number of aliphatic carboxylic acids is 1. The van der Waals surface area contributed by atoms with Crippen LogP contribution in [-0.2, 0) is 14.8 Å². The Morgan fingerprint density at radius 1 is 1.15 bits per heavy atom. The first kappa shape index (κ1) is 14.3. The Hall–Kier alpha value is -0.620. The topological polar surface area (TPSA) is 83.5 Å². The summed E-state index contributed by atoms with van der Waals surface area (Å²) in [4.78, 5) is 10.4. The minimum Gasteiger partial charge on any atom is -0.481 e. The molecule has 2 bridgehead atoms. The lowest BCUT2D eigenvalue weighted by Crippen LogP contribution is -2.43. The molecule has 6 heteroatoms. The van der Waals surface area contributed by atoms with E-state index in [0.717, 1.165) is 24.2 Å². The molecule has 3 fully saturated rings. The van der Waals surface area contributed by atoms with Crippen LogP contribution in [0.15, 0.2) is 0 Å². The van der Waals surface area contributed by atoms with Crippen molar-refractivity contribution in [2.24, 2.45) is 23.7 Å². The molecule has 3 rings (SSSR count). The molecule has 3 aliphatic rings. The van der Waals surface area contributed by atoms with Gasteiger partial charge in [-0.2, -0.15) is 0 Å². The second-order valence-corrected chi connectivity index (χ2v) is 8.57. The van der Waals surface area contributed by atoms with Crippen molar-refractivity contribution < 1.29 is 18.3 Å². The monoisotopic (exact) mass is 301 g/mol. The average Bonchev–Trinajstić information content (AvgIpc) is 2.97. The Kier molecular flexibility index (Phi) is 3.79. The summed E-state index contributed by atoms with van der Waals surface area (Å²) < 4.78 is 26.9. The molecule has 0 amide bonds. The number of carbonyl (C=O) groups is 1. The standard InChI is InChI=1S/C14H23NO4S/c16-14(17)5-2-6-20(18,19)15-13-8-9-7-12(13)11-4-1-3-10(9)11/h9-13,15H,1-8H2,(H,16,17). The first-order chi connectivity index (χ1) is 9.46. The van der Waals surface area contributed by atoms with Gasteiger partial charge in [-0.05, 0) is 55.8 Å². The minimum atomic E-state index is -3.33. The molecule has 0 heterocycles. The van der Waals surface area contributed by atoms with E-state index in [0.29, 0.717) is 5.92 Å². The van der Waals surface area contributed by atoms with Crippen LogP contribution in [0.1, 0.15) is 44.9 Å². The van der Waals surface area contributed by atoms with Crippen LogP contribution >= 0.6 is 0 Å². The molecule has 0 aromatic carbocycles. The van der Waals surface area contributed by atoms with Gasteiger partial charge in [-0.25, -0.2) is 13.1 Å². The van der Waals surface area contributed by atoms with Crippen molar-refractivity contribution in [1.29, 1.82) is 0 Å². The Morgan fingerprint density at radius 3 is 2.65 bits per heavy atom. The van der Waals surface area contributed by atoms with Crippen molar-refractivity contribution in [2.75, 3.05) is 5.75 Å². The van der Waals surface area contributed by atoms with Gasteiger partial charge in [0.05, 0.1) is 5.75 Å². The maximum absolute atomic E-state index is 12.0. The summed E-state index contributed by atoms with van der Waals surface area (Å²) in [6.07, 6.45) is 6.20. The van der Waals surface area contributed by atoms with Crippen LogP contribution in [0, 0.1) is 23.7 Å². The van der Waals surface area contributed by atoms with Gasteiger partial charge in [0.15, 0.2) is 0 Å². The molecule has 20 heavy (non-hydrogen) atoms. The second-order valence-electron chi connectivity index (χ2n) is 6.69. The van der Waals surface area contributed by atoms with E-state index in [1.807, 2.05) is 0 Å². The van der Waals surface area contributed by atoms with E-state index < -0.39 is 16.0 Å². The zero-order chi connectivity index (χ0) is 14.3. The molecule has 3 aliphatic carbocycles. The van der Waals surface area contributed by atoms with Gasteiger partial charge in [-0.1, -0.05) is 6.42 Å². The Labute approximate surface area is 120 Å². The molecule has 5 nitrogen and oxygen atoms in total. The molecule has 5 unspecified atom stereocenters. The molecule has 114 valence electrons. The van der Waals surface area contributed by atoms with Crippen molar-refractivity contribution in [3.05, 3.63) is 0 Å². The van der Waals surface area contributed by atoms with Crippen molar-refractivity contribution in [2.45, 2.75) is 51.0 Å². The van der Waals surface area contributed by atoms with Crippen LogP contribution in [0.5, 0.6) is 0 Å². The third-order valence-corrected chi connectivity index (χ3v) is 7.05. The molecule has 0 saturated heterocycles. The van der Waals surface area contributed by atoms with E-state index in [1.54, 1.807) is 0 Å². The SMILES string of the molecule is O=C(O)CCCS(=O)(=O)NC1CC2CC1C1CCCC21. The van der Waals surface area contributed by atoms with Gasteiger partial charge in [-0.3, -0.25) is 4.79 Å². The summed E-state index contributed by atoms with van der Waals surface area (Å²) >= 11 is 0. The number of hydrogen-bond donors (Lipinski definition) is 2. The Morgan fingerprint density at radius 2 is 1.90 bits per heavy atom. The normalized spacial score (nSPS) is 39.1. The zero-order valence-electron chi connectivity index (χ0n) is 11.6. The lowest BCUT2D eigenvalue weighted by atomic mass is 9.79. The number of rotatable bonds is 6. The molecule has 0 aromatic heterocycles. The number of carboxylic acid groups (broad SMARTS) is 1. The number of fused-ring (bicyclic) bond motifs is 5. The van der Waals surface area contributed by atoms with Crippen LogP contribution in [0.25, 0.3) is 0 Å². The quantitative estimate of drug-likeness (QED) is 0.780. The Balaban J connectivity index is 1.55. The highest BCUT2D eigenvalue weighted by Gasteiger charge is 2.54. The van der Waals surface area contributed by atoms with Crippen molar-refractivity contribution in [1.82, 2.24) is 4.72 Å². The molecule has 5 atom stereocenters. The highest BCUT2D eigenvalue weighted by Crippen LogP contribution is 2.58. The zero-order valence-corrected chi connectivity index (χ0v) is 12.4. The summed E-state index contributed by atoms with van der Waals surface area (Å²) in [5, 5.41) is 8.57. The predicted octanol–water partition coefficient (Wildman–Crippen LogP) is 1.60. The van der Waals surface area contributed by atoms with E-state index in [9.17, 15) is 13.2 Å². The summed E-state index contributed by atoms with van der Waals surface area (Å²) in [5.41, 5.74) is 0. The highest BCUT2D eigenvalue weighted by molar-refractivity contribution is 7.89. The first-order valence-electron chi connectivity index (χ1n) is 7.68. The van der Waals surface area contributed by atoms with Gasteiger partial charge in [-0.15, -0.1) is 0 Å². The molecule has 0 radical (unpaired) electrons. The molecular formula is C14H23NO4S. The van der Waals surface area contributed by atoms with E-state index in [-0.39, 0.29) is 24.6 Å². The number of hydrogen-bond acceptors (Lipinski definition) is 3. The third-order valence-electron chi connectivity index (χ3n) is 5.56. The summed E-state index contributed by atoms with van der Waals surface area (Å²) in [7, 11) is -3.33. The number of carboxylic acids is 1. The predicted molar refractivity (Wildman–Crippen MR) is 74.6 cm³/mol. The fourth-order valence-electron chi connectivity index (χ4n) is 4.91. The van der Waals surface area contributed by atoms with Crippen LogP contribution in [0.2, 0.25) is 0 Å². The van der Waals surface area contributed by atoms with Gasteiger partial charge in [0.25, 0.3) is 0 Å². The van der Waals surface area contributed by atoms with Crippen LogP contribution in [0.3, 0.4) is 0 Å². The van der Waals surface area contributed by atoms with Crippen LogP contribution in [0.4, 0.5) is 0 Å². The van der Waals surface area contributed by atoms with Crippen LogP contribution in [-0.4, -0.2) is 31.3 Å². The largest absolute Gasteiger partial charge is 0.481 e. The van der Waals surface area contributed by atoms with Crippen molar-refractivity contribution >= 4 is 16.0 Å². The molecule has 0 aromatic rings. The second kappa shape index (κ2) is 5.30. The van der Waals surface area contributed by atoms with E-state index in [2.05, 4.69) is 4.72 Å². The maximum Gasteiger partial charge on any atom is 0.303 e. The van der Waals surface area contributed by atoms with E-state index in [4.69, 9.17) is 5.11 Å². The van der Waals surface area contributed by atoms with Gasteiger partial charge < -0.3 is 5.11 Å². The average molecular weight is 301 g/mol. The fraction of sp³-hybridized carbons (Fsp3) is 0.929. The summed E-state index contributed by atoms with van der Waals surface area (Å²) in [5.74, 6) is 1.84. The summed E-state index contributed by atoms with van der Waals surface area (Å²) in [6, 6.07) is 0.106. The van der Waals surface area contributed by atoms with Gasteiger partial charge >= 0.3 is 5.97 Å². The number of sulfonamides is 1. The smallest absolute Gasteiger partial charge is 0.303 e. The van der Waals surface area contributed by atoms with Crippen molar-refractivity contribution in [3.8, 4) is 0 Å².